The van der Waals surface area contributed by atoms with Crippen LogP contribution in [0.15, 0.2) is 18.2 Å². The maximum atomic E-state index is 11.2. The molecule has 1 atom stereocenters. The summed E-state index contributed by atoms with van der Waals surface area (Å²) >= 11 is 12.1. The molecule has 7 heteroatoms. The lowest BCUT2D eigenvalue weighted by atomic mass is 10.2. The van der Waals surface area contributed by atoms with Crippen LogP contribution in [-0.2, 0) is 16.6 Å². The van der Waals surface area contributed by atoms with Gasteiger partial charge in [0.2, 0.25) is 10.0 Å². The van der Waals surface area contributed by atoms with Crippen molar-refractivity contribution >= 4 is 33.2 Å². The number of hydrogen-bond donors (Lipinski definition) is 1. The summed E-state index contributed by atoms with van der Waals surface area (Å²) in [5, 5.41) is 6.39. The lowest BCUT2D eigenvalue weighted by Gasteiger charge is -2.24. The molecule has 0 spiro atoms. The molecule has 1 saturated heterocycles. The van der Waals surface area contributed by atoms with Gasteiger partial charge in [0.25, 0.3) is 0 Å². The summed E-state index contributed by atoms with van der Waals surface area (Å²) in [6.45, 7) is 1.45. The molecule has 0 radical (unpaired) electrons. The highest BCUT2D eigenvalue weighted by molar-refractivity contribution is 7.89. The predicted molar refractivity (Wildman–Crippen MR) is 77.9 cm³/mol. The molecular weight excluding hydrogens is 307 g/mol. The van der Waals surface area contributed by atoms with E-state index in [0.29, 0.717) is 16.6 Å². The quantitative estimate of drug-likeness (QED) is 0.924. The van der Waals surface area contributed by atoms with E-state index in [1.165, 1.54) is 0 Å². The zero-order valence-electron chi connectivity index (χ0n) is 10.4. The van der Waals surface area contributed by atoms with E-state index in [4.69, 9.17) is 28.3 Å². The average Bonchev–Trinajstić information content (AvgIpc) is 2.69. The molecular formula is C12H16Cl2N2O2S. The lowest BCUT2D eigenvalue weighted by Crippen LogP contribution is -2.37. The number of rotatable bonds is 4. The smallest absolute Gasteiger partial charge is 0.210 e. The molecule has 2 rings (SSSR count). The highest BCUT2D eigenvalue weighted by Gasteiger charge is 2.28. The van der Waals surface area contributed by atoms with Crippen LogP contribution >= 0.6 is 23.2 Å². The molecule has 1 aliphatic rings. The number of primary sulfonamides is 1. The van der Waals surface area contributed by atoms with E-state index in [-0.39, 0.29) is 11.8 Å². The first-order chi connectivity index (χ1) is 8.85. The van der Waals surface area contributed by atoms with Crippen LogP contribution in [0.25, 0.3) is 0 Å². The van der Waals surface area contributed by atoms with Gasteiger partial charge in [0.15, 0.2) is 0 Å². The van der Waals surface area contributed by atoms with E-state index in [2.05, 4.69) is 4.90 Å². The van der Waals surface area contributed by atoms with Crippen molar-refractivity contribution in [2.75, 3.05) is 12.3 Å². The fourth-order valence-electron chi connectivity index (χ4n) is 2.44. The Kier molecular flexibility index (Phi) is 4.74. The summed E-state index contributed by atoms with van der Waals surface area (Å²) in [5.74, 6) is -0.00875. The SMILES string of the molecule is NS(=O)(=O)C[C@H]1CCCN1Cc1cc(Cl)ccc1Cl. The molecule has 0 bridgehead atoms. The van der Waals surface area contributed by atoms with Crippen LogP contribution in [0.3, 0.4) is 0 Å². The van der Waals surface area contributed by atoms with Crippen molar-refractivity contribution in [1.82, 2.24) is 4.90 Å². The Hall–Kier alpha value is -0.330. The van der Waals surface area contributed by atoms with E-state index in [1.807, 2.05) is 6.07 Å². The summed E-state index contributed by atoms with van der Waals surface area (Å²) in [6.07, 6.45) is 1.81. The van der Waals surface area contributed by atoms with Gasteiger partial charge < -0.3 is 0 Å². The predicted octanol–water partition coefficient (Wildman–Crippen LogP) is 2.25. The van der Waals surface area contributed by atoms with Gasteiger partial charge in [-0.05, 0) is 43.1 Å². The van der Waals surface area contributed by atoms with Gasteiger partial charge >= 0.3 is 0 Å². The Morgan fingerprint density at radius 2 is 2.11 bits per heavy atom. The summed E-state index contributed by atoms with van der Waals surface area (Å²) < 4.78 is 22.4. The molecule has 0 saturated carbocycles. The molecule has 0 amide bonds. The summed E-state index contributed by atoms with van der Waals surface area (Å²) in [5.41, 5.74) is 0.912. The van der Waals surface area contributed by atoms with Crippen LogP contribution in [0.2, 0.25) is 10.0 Å². The number of halogens is 2. The molecule has 0 aliphatic carbocycles. The van der Waals surface area contributed by atoms with E-state index in [1.54, 1.807) is 12.1 Å². The van der Waals surface area contributed by atoms with Crippen molar-refractivity contribution in [3.63, 3.8) is 0 Å². The number of likely N-dealkylation sites (tertiary alicyclic amines) is 1. The van der Waals surface area contributed by atoms with Crippen LogP contribution < -0.4 is 5.14 Å². The average molecular weight is 323 g/mol. The third-order valence-electron chi connectivity index (χ3n) is 3.30. The third kappa shape index (κ3) is 4.33. The Morgan fingerprint density at radius 1 is 1.37 bits per heavy atom. The molecule has 1 fully saturated rings. The van der Waals surface area contributed by atoms with Crippen LogP contribution in [0.4, 0.5) is 0 Å². The van der Waals surface area contributed by atoms with Gasteiger partial charge in [-0.15, -0.1) is 0 Å². The van der Waals surface area contributed by atoms with Crippen molar-refractivity contribution in [3.05, 3.63) is 33.8 Å². The van der Waals surface area contributed by atoms with E-state index in [0.717, 1.165) is 24.9 Å². The van der Waals surface area contributed by atoms with Crippen LogP contribution in [0.5, 0.6) is 0 Å². The molecule has 1 heterocycles. The van der Waals surface area contributed by atoms with Gasteiger partial charge in [0.05, 0.1) is 5.75 Å². The maximum Gasteiger partial charge on any atom is 0.210 e. The fraction of sp³-hybridized carbons (Fsp3) is 0.500. The van der Waals surface area contributed by atoms with Crippen LogP contribution in [0.1, 0.15) is 18.4 Å². The second-order valence-electron chi connectivity index (χ2n) is 4.83. The Balaban J connectivity index is 2.11. The molecule has 1 aliphatic heterocycles. The highest BCUT2D eigenvalue weighted by Crippen LogP contribution is 2.26. The minimum absolute atomic E-state index is 0.00875. The molecule has 1 aromatic rings. The second-order valence-corrected chi connectivity index (χ2v) is 7.33. The Labute approximate surface area is 123 Å². The number of sulfonamides is 1. The van der Waals surface area contributed by atoms with Gasteiger partial charge in [-0.1, -0.05) is 23.2 Å². The van der Waals surface area contributed by atoms with E-state index in [9.17, 15) is 8.42 Å². The van der Waals surface area contributed by atoms with Gasteiger partial charge in [0.1, 0.15) is 0 Å². The van der Waals surface area contributed by atoms with Crippen LogP contribution in [-0.4, -0.2) is 31.7 Å². The number of nitrogens with zero attached hydrogens (tertiary/aromatic N) is 1. The van der Waals surface area contributed by atoms with Crippen molar-refractivity contribution in [2.24, 2.45) is 5.14 Å². The van der Waals surface area contributed by atoms with Crippen molar-refractivity contribution in [3.8, 4) is 0 Å². The van der Waals surface area contributed by atoms with Gasteiger partial charge in [-0.3, -0.25) is 4.90 Å². The zero-order chi connectivity index (χ0) is 14.0. The number of hydrogen-bond acceptors (Lipinski definition) is 3. The first-order valence-electron chi connectivity index (χ1n) is 6.03. The molecule has 4 nitrogen and oxygen atoms in total. The van der Waals surface area contributed by atoms with Gasteiger partial charge in [-0.2, -0.15) is 0 Å². The lowest BCUT2D eigenvalue weighted by molar-refractivity contribution is 0.262. The van der Waals surface area contributed by atoms with E-state index < -0.39 is 10.0 Å². The Bertz CT molecular complexity index is 563. The molecule has 19 heavy (non-hydrogen) atoms. The van der Waals surface area contributed by atoms with Crippen LogP contribution in [0, 0.1) is 0 Å². The Morgan fingerprint density at radius 3 is 2.79 bits per heavy atom. The molecule has 106 valence electrons. The minimum atomic E-state index is -3.45. The zero-order valence-corrected chi connectivity index (χ0v) is 12.7. The normalized spacial score (nSPS) is 20.9. The first-order valence-corrected chi connectivity index (χ1v) is 8.51. The fourth-order valence-corrected chi connectivity index (χ4v) is 3.73. The number of benzene rings is 1. The standard InChI is InChI=1S/C12H16Cl2N2O2S/c13-10-3-4-12(14)9(6-10)7-16-5-1-2-11(16)8-19(15,17)18/h3-4,6,11H,1-2,5,7-8H2,(H2,15,17,18)/t11-/m1/s1. The molecule has 0 aromatic heterocycles. The molecule has 2 N–H and O–H groups in total. The summed E-state index contributed by atoms with van der Waals surface area (Å²) in [4.78, 5) is 2.10. The minimum Gasteiger partial charge on any atom is -0.295 e. The van der Waals surface area contributed by atoms with Crippen molar-refractivity contribution in [2.45, 2.75) is 25.4 Å². The van der Waals surface area contributed by atoms with Crippen molar-refractivity contribution in [1.29, 1.82) is 0 Å². The number of nitrogens with two attached hydrogens (primary N) is 1. The third-order valence-corrected chi connectivity index (χ3v) is 4.76. The first kappa shape index (κ1) is 15.1. The van der Waals surface area contributed by atoms with Gasteiger partial charge in [0, 0.05) is 22.6 Å². The largest absolute Gasteiger partial charge is 0.295 e. The van der Waals surface area contributed by atoms with E-state index >= 15 is 0 Å². The summed E-state index contributed by atoms with van der Waals surface area (Å²) in [7, 11) is -3.45. The summed E-state index contributed by atoms with van der Waals surface area (Å²) in [6, 6.07) is 5.27. The monoisotopic (exact) mass is 322 g/mol. The van der Waals surface area contributed by atoms with Gasteiger partial charge in [-0.25, -0.2) is 13.6 Å². The second kappa shape index (κ2) is 5.97. The maximum absolute atomic E-state index is 11.2. The highest BCUT2D eigenvalue weighted by atomic mass is 35.5. The molecule has 1 aromatic carbocycles. The topological polar surface area (TPSA) is 63.4 Å². The molecule has 0 unspecified atom stereocenters. The van der Waals surface area contributed by atoms with Crippen molar-refractivity contribution < 1.29 is 8.42 Å².